The van der Waals surface area contributed by atoms with Crippen molar-refractivity contribution in [1.82, 2.24) is 5.32 Å². The van der Waals surface area contributed by atoms with Gasteiger partial charge in [-0.3, -0.25) is 9.59 Å². The van der Waals surface area contributed by atoms with Gasteiger partial charge >= 0.3 is 11.9 Å². The summed E-state index contributed by atoms with van der Waals surface area (Å²) in [7, 11) is 6.24. The monoisotopic (exact) mass is 1230 g/mol. The molecule has 5 fully saturated rings. The number of hydrogen-bond donors (Lipinski definition) is 6. The second-order valence-electron chi connectivity index (χ2n) is 23.5. The first kappa shape index (κ1) is 71.2. The van der Waals surface area contributed by atoms with Gasteiger partial charge in [0, 0.05) is 78.1 Å². The molecule has 87 heavy (non-hydrogen) atoms. The number of amides is 1. The normalized spacial score (nSPS) is 36.3. The van der Waals surface area contributed by atoms with Gasteiger partial charge in [0.1, 0.15) is 36.4 Å². The van der Waals surface area contributed by atoms with E-state index in [1.165, 1.54) is 20.3 Å². The largest absolute Gasteiger partial charge is 0.478 e. The predicted octanol–water partition coefficient (Wildman–Crippen LogP) is 5.50. The molecule has 1 aromatic carbocycles. The summed E-state index contributed by atoms with van der Waals surface area (Å²) >= 11 is 0. The van der Waals surface area contributed by atoms with Gasteiger partial charge < -0.3 is 92.4 Å². The zero-order chi connectivity index (χ0) is 63.6. The van der Waals surface area contributed by atoms with E-state index in [9.17, 15) is 34.8 Å². The number of esters is 1. The van der Waals surface area contributed by atoms with Crippen LogP contribution in [0.5, 0.6) is 0 Å². The highest BCUT2D eigenvalue weighted by Crippen LogP contribution is 2.46. The van der Waals surface area contributed by atoms with Crippen molar-refractivity contribution in [2.75, 3.05) is 41.6 Å². The standard InChI is InChI=1S/C65H95NO21/c1-13-14-18-29-51-64(7,8)61(72)62(84-53(70)32-43-26-19-17-20-27-43)65(74,87-51)44(63(73)66-31-24-23-25-38(2)58(78-12)39(3)47-33-45(67)46(83-47)28-21-15-16-22-30-52(68)69)37-79-54-35-49(76-10)59(41(5)81-54)86-56-36-50(77-11)60(42(6)82-56)85-55-34-48(75-9)57(71)40(4)80-55/h13-30,39-42,44-51,54-62,67,71-72,74H,31-37H2,1-12H3,(H,66,73)(H,68,69)/t39-,40-,41-,42-,44+,45+,46-,47+,48-,49-,50+,51-,54+,55-,56+,57+,58-,59+,60-,61-,62+,65+/m0/s1. The van der Waals surface area contributed by atoms with Gasteiger partial charge in [-0.25, -0.2) is 4.79 Å². The topological polar surface area (TPSA) is 284 Å². The predicted molar refractivity (Wildman–Crippen MR) is 318 cm³/mol. The molecule has 0 aromatic heterocycles. The maximum absolute atomic E-state index is 14.9. The molecule has 0 radical (unpaired) electrons. The highest BCUT2D eigenvalue weighted by Gasteiger charge is 2.63. The van der Waals surface area contributed by atoms with Crippen LogP contribution in [-0.2, 0) is 82.4 Å². The smallest absolute Gasteiger partial charge is 0.328 e. The summed E-state index contributed by atoms with van der Waals surface area (Å²) in [4.78, 5) is 39.5. The number of carbonyl (C=O) groups excluding carboxylic acids is 2. The van der Waals surface area contributed by atoms with Gasteiger partial charge in [0.15, 0.2) is 25.0 Å². The summed E-state index contributed by atoms with van der Waals surface area (Å²) in [6.45, 7) is 13.9. The SMILES string of the molecule is CC=CC=C[C@@H]1O[C@](O)([C@H](CO[C@H]2C[C@H](OC)[C@H](O[C@@H]3C[C@@H](OC)[C@@H](O[C@H]4C[C@H](OC)[C@H](O)[C@H](C)O4)[C@H](C)O3)[C@H](C)O2)C(=O)NCC=CC=C(C)[C@H](OC)[C@@H](C)[C@H]2C[C@@H](O)[C@H](C=CC=CC=CC(=O)O)O2)[C@H](OC(=O)Cc2ccccc2)[C@H](O)C1(C)C. The van der Waals surface area contributed by atoms with E-state index in [0.717, 1.165) is 11.6 Å². The number of methoxy groups -OCH3 is 4. The third-order valence-electron chi connectivity index (χ3n) is 16.9. The van der Waals surface area contributed by atoms with Gasteiger partial charge in [-0.1, -0.05) is 124 Å². The van der Waals surface area contributed by atoms with Crippen molar-refractivity contribution in [3.05, 3.63) is 120 Å². The molecule has 6 N–H and O–H groups in total. The fourth-order valence-corrected chi connectivity index (χ4v) is 11.8. The minimum atomic E-state index is -2.71. The van der Waals surface area contributed by atoms with Crippen molar-refractivity contribution in [3.63, 3.8) is 0 Å². The van der Waals surface area contributed by atoms with Crippen LogP contribution in [-0.4, -0.2) is 207 Å². The van der Waals surface area contributed by atoms with Gasteiger partial charge in [0.2, 0.25) is 11.7 Å². The van der Waals surface area contributed by atoms with E-state index in [0.29, 0.717) is 18.4 Å². The third kappa shape index (κ3) is 19.1. The molecule has 0 unspecified atom stereocenters. The zero-order valence-electron chi connectivity index (χ0n) is 52.2. The molecule has 0 aliphatic carbocycles. The van der Waals surface area contributed by atoms with Gasteiger partial charge in [-0.05, 0) is 45.8 Å². The van der Waals surface area contributed by atoms with Crippen LogP contribution in [0.3, 0.4) is 0 Å². The number of nitrogens with one attached hydrogen (secondary N) is 1. The van der Waals surface area contributed by atoms with Gasteiger partial charge in [0.25, 0.3) is 0 Å². The van der Waals surface area contributed by atoms with E-state index < -0.39 is 152 Å². The highest BCUT2D eigenvalue weighted by atomic mass is 16.7. The molecule has 5 aliphatic rings. The molecular weight excluding hydrogens is 1130 g/mol. The van der Waals surface area contributed by atoms with Crippen molar-refractivity contribution >= 4 is 17.8 Å². The van der Waals surface area contributed by atoms with Gasteiger partial charge in [-0.15, -0.1) is 0 Å². The molecular formula is C65H95NO21. The number of carboxylic acid groups (broad SMARTS) is 1. The molecule has 6 rings (SSSR count). The average Bonchev–Trinajstić information content (AvgIpc) is 1.73. The van der Waals surface area contributed by atoms with Crippen molar-refractivity contribution in [2.45, 2.75) is 210 Å². The van der Waals surface area contributed by atoms with Crippen molar-refractivity contribution < 1.29 is 101 Å². The van der Waals surface area contributed by atoms with Crippen LogP contribution in [0.4, 0.5) is 0 Å². The maximum Gasteiger partial charge on any atom is 0.328 e. The molecule has 486 valence electrons. The second-order valence-corrected chi connectivity index (χ2v) is 23.5. The lowest BCUT2D eigenvalue weighted by atomic mass is 9.71. The number of aliphatic hydroxyl groups is 4. The van der Waals surface area contributed by atoms with Gasteiger partial charge in [-0.2, -0.15) is 0 Å². The summed E-state index contributed by atoms with van der Waals surface area (Å²) < 4.78 is 80.6. The molecule has 22 atom stereocenters. The van der Waals surface area contributed by atoms with Crippen LogP contribution in [0.25, 0.3) is 0 Å². The molecule has 0 spiro atoms. The summed E-state index contributed by atoms with van der Waals surface area (Å²) in [6.07, 6.45) is 7.66. The molecule has 1 aromatic rings. The number of benzene rings is 1. The summed E-state index contributed by atoms with van der Waals surface area (Å²) in [6, 6.07) is 8.84. The fraction of sp³-hybridized carbons (Fsp3) is 0.646. The first-order chi connectivity index (χ1) is 41.5. The lowest BCUT2D eigenvalue weighted by Gasteiger charge is -2.54. The van der Waals surface area contributed by atoms with Crippen molar-refractivity contribution in [2.24, 2.45) is 17.3 Å². The Hall–Kier alpha value is -4.83. The third-order valence-corrected chi connectivity index (χ3v) is 16.9. The van der Waals surface area contributed by atoms with E-state index >= 15 is 0 Å². The van der Waals surface area contributed by atoms with E-state index in [4.69, 9.17) is 66.7 Å². The Bertz CT molecular complexity index is 2530. The number of hydrogen-bond acceptors (Lipinski definition) is 20. The second kappa shape index (κ2) is 33.8. The Labute approximate surface area is 512 Å². The maximum atomic E-state index is 14.9. The Morgan fingerprint density at radius 1 is 0.759 bits per heavy atom. The van der Waals surface area contributed by atoms with Gasteiger partial charge in [0.05, 0.1) is 74.1 Å². The molecule has 0 bridgehead atoms. The average molecular weight is 1230 g/mol. The summed E-state index contributed by atoms with van der Waals surface area (Å²) in [5, 5.41) is 58.5. The van der Waals surface area contributed by atoms with Crippen molar-refractivity contribution in [1.29, 1.82) is 0 Å². The number of ether oxygens (including phenoxy) is 13. The highest BCUT2D eigenvalue weighted by molar-refractivity contribution is 5.81. The Kier molecular flexibility index (Phi) is 27.7. The molecule has 0 saturated carbocycles. The quantitative estimate of drug-likeness (QED) is 0.0343. The Morgan fingerprint density at radius 2 is 1.36 bits per heavy atom. The van der Waals surface area contributed by atoms with Crippen LogP contribution in [0, 0.1) is 17.3 Å². The minimum absolute atomic E-state index is 0.0572. The van der Waals surface area contributed by atoms with E-state index in [1.54, 1.807) is 133 Å². The molecule has 5 saturated heterocycles. The van der Waals surface area contributed by atoms with E-state index in [2.05, 4.69) is 5.32 Å². The summed E-state index contributed by atoms with van der Waals surface area (Å²) in [5.74, 6) is -7.19. The van der Waals surface area contributed by atoms with Crippen LogP contribution >= 0.6 is 0 Å². The summed E-state index contributed by atoms with van der Waals surface area (Å²) in [5.41, 5.74) is 0.265. The molecule has 22 heteroatoms. The zero-order valence-corrected chi connectivity index (χ0v) is 52.2. The minimum Gasteiger partial charge on any atom is -0.478 e. The molecule has 1 amide bonds. The Morgan fingerprint density at radius 3 is 1.98 bits per heavy atom. The number of rotatable bonds is 28. The van der Waals surface area contributed by atoms with Crippen LogP contribution in [0.1, 0.15) is 86.6 Å². The lowest BCUT2D eigenvalue weighted by Crippen LogP contribution is -2.71. The fourth-order valence-electron chi connectivity index (χ4n) is 11.8. The van der Waals surface area contributed by atoms with Crippen LogP contribution < -0.4 is 5.32 Å². The van der Waals surface area contributed by atoms with Crippen LogP contribution in [0.15, 0.2) is 115 Å². The van der Waals surface area contributed by atoms with E-state index in [1.807, 2.05) is 33.8 Å². The van der Waals surface area contributed by atoms with E-state index in [-0.39, 0.29) is 37.8 Å². The number of aliphatic carboxylic acids is 1. The number of carboxylic acids is 1. The molecule has 5 heterocycles. The molecule has 22 nitrogen and oxygen atoms in total. The lowest BCUT2D eigenvalue weighted by molar-refractivity contribution is -0.368. The first-order valence-corrected chi connectivity index (χ1v) is 30.0. The number of aliphatic hydroxyl groups excluding tert-OH is 3. The van der Waals surface area contributed by atoms with Crippen molar-refractivity contribution in [3.8, 4) is 0 Å². The van der Waals surface area contributed by atoms with Crippen LogP contribution in [0.2, 0.25) is 0 Å². The Balaban J connectivity index is 1.19. The first-order valence-electron chi connectivity index (χ1n) is 30.0. The number of carbonyl (C=O) groups is 3. The number of allylic oxidation sites excluding steroid dienone is 9. The molecule has 5 aliphatic heterocycles.